The summed E-state index contributed by atoms with van der Waals surface area (Å²) in [6.07, 6.45) is 7.79. The van der Waals surface area contributed by atoms with Crippen LogP contribution in [-0.4, -0.2) is 30.2 Å². The van der Waals surface area contributed by atoms with E-state index < -0.39 is 0 Å². The first-order chi connectivity index (χ1) is 11.2. The van der Waals surface area contributed by atoms with Gasteiger partial charge in [-0.1, -0.05) is 19.3 Å². The molecule has 1 aliphatic carbocycles. The molecule has 6 nitrogen and oxygen atoms in total. The number of rotatable bonds is 3. The number of nitrogens with zero attached hydrogens (tertiary/aromatic N) is 6. The molecule has 0 spiro atoms. The van der Waals surface area contributed by atoms with Crippen molar-refractivity contribution in [2.24, 2.45) is 0 Å². The molecule has 0 unspecified atom stereocenters. The fraction of sp³-hybridized carbons (Fsp3) is 0.533. The van der Waals surface area contributed by atoms with E-state index in [1.54, 1.807) is 29.4 Å². The van der Waals surface area contributed by atoms with E-state index in [2.05, 4.69) is 39.3 Å². The third kappa shape index (κ3) is 2.74. The van der Waals surface area contributed by atoms with E-state index in [0.29, 0.717) is 6.04 Å². The maximum Gasteiger partial charge on any atom is 0.215 e. The Kier molecular flexibility index (Phi) is 4.02. The molecule has 120 valence electrons. The molecule has 0 saturated heterocycles. The topological polar surface area (TPSA) is 69.4 Å². The summed E-state index contributed by atoms with van der Waals surface area (Å²) >= 11 is 3.27. The minimum atomic E-state index is 0.420. The van der Waals surface area contributed by atoms with Gasteiger partial charge in [0.15, 0.2) is 0 Å². The number of tetrazole rings is 1. The Morgan fingerprint density at radius 2 is 2.00 bits per heavy atom. The van der Waals surface area contributed by atoms with Crippen LogP contribution in [0.4, 0.5) is 0 Å². The molecule has 3 aromatic heterocycles. The van der Waals surface area contributed by atoms with Crippen LogP contribution in [0.5, 0.6) is 0 Å². The van der Waals surface area contributed by atoms with Crippen molar-refractivity contribution < 1.29 is 0 Å². The predicted octanol–water partition coefficient (Wildman–Crippen LogP) is 3.95. The van der Waals surface area contributed by atoms with Crippen LogP contribution in [0.2, 0.25) is 0 Å². The molecule has 0 aliphatic heterocycles. The first-order valence-corrected chi connectivity index (χ1v) is 9.54. The lowest BCUT2D eigenvalue weighted by Crippen LogP contribution is -2.15. The van der Waals surface area contributed by atoms with Gasteiger partial charge in [0.25, 0.3) is 0 Å². The second kappa shape index (κ2) is 6.16. The monoisotopic (exact) mass is 346 g/mol. The summed E-state index contributed by atoms with van der Waals surface area (Å²) < 4.78 is 1.99. The van der Waals surface area contributed by atoms with E-state index in [4.69, 9.17) is 0 Å². The zero-order chi connectivity index (χ0) is 15.8. The van der Waals surface area contributed by atoms with Crippen molar-refractivity contribution >= 4 is 33.3 Å². The molecular formula is C15H18N6S2. The van der Waals surface area contributed by atoms with Crippen LogP contribution in [0.3, 0.4) is 0 Å². The van der Waals surface area contributed by atoms with Gasteiger partial charge in [0.05, 0.1) is 6.04 Å². The van der Waals surface area contributed by atoms with Crippen LogP contribution in [0.15, 0.2) is 16.5 Å². The van der Waals surface area contributed by atoms with Crippen LogP contribution < -0.4 is 0 Å². The van der Waals surface area contributed by atoms with Crippen molar-refractivity contribution in [3.63, 3.8) is 0 Å². The van der Waals surface area contributed by atoms with Crippen LogP contribution in [0, 0.1) is 13.8 Å². The molecule has 0 amide bonds. The highest BCUT2D eigenvalue weighted by Gasteiger charge is 2.22. The quantitative estimate of drug-likeness (QED) is 0.669. The molecule has 8 heteroatoms. The maximum atomic E-state index is 4.49. The smallest absolute Gasteiger partial charge is 0.215 e. The SMILES string of the molecule is Cc1sc2ncnc(Sc3nnnn3C3CCCCC3)c2c1C. The van der Waals surface area contributed by atoms with E-state index in [1.807, 2.05) is 4.68 Å². The van der Waals surface area contributed by atoms with Crippen molar-refractivity contribution in [2.75, 3.05) is 0 Å². The summed E-state index contributed by atoms with van der Waals surface area (Å²) in [6.45, 7) is 4.26. The average molecular weight is 346 g/mol. The Morgan fingerprint density at radius 3 is 2.83 bits per heavy atom. The lowest BCUT2D eigenvalue weighted by molar-refractivity contribution is 0.307. The Balaban J connectivity index is 1.70. The Hall–Kier alpha value is -1.54. The second-order valence-electron chi connectivity index (χ2n) is 5.94. The second-order valence-corrected chi connectivity index (χ2v) is 8.10. The van der Waals surface area contributed by atoms with E-state index >= 15 is 0 Å². The summed E-state index contributed by atoms with van der Waals surface area (Å²) in [5, 5.41) is 15.3. The fourth-order valence-corrected chi connectivity index (χ4v) is 5.16. The highest BCUT2D eigenvalue weighted by Crippen LogP contribution is 2.38. The van der Waals surface area contributed by atoms with Crippen molar-refractivity contribution in [1.82, 2.24) is 30.2 Å². The van der Waals surface area contributed by atoms with Gasteiger partial charge in [-0.3, -0.25) is 0 Å². The van der Waals surface area contributed by atoms with Crippen LogP contribution in [0.1, 0.15) is 48.6 Å². The Morgan fingerprint density at radius 1 is 1.17 bits per heavy atom. The molecule has 0 atom stereocenters. The zero-order valence-electron chi connectivity index (χ0n) is 13.2. The van der Waals surface area contributed by atoms with Gasteiger partial charge in [0, 0.05) is 10.3 Å². The number of hydrogen-bond acceptors (Lipinski definition) is 7. The number of aryl methyl sites for hydroxylation is 2. The van der Waals surface area contributed by atoms with Gasteiger partial charge in [0.1, 0.15) is 16.2 Å². The highest BCUT2D eigenvalue weighted by atomic mass is 32.2. The van der Waals surface area contributed by atoms with Crippen molar-refractivity contribution in [1.29, 1.82) is 0 Å². The zero-order valence-corrected chi connectivity index (χ0v) is 14.8. The molecule has 4 rings (SSSR count). The summed E-state index contributed by atoms with van der Waals surface area (Å²) in [5.74, 6) is 0. The minimum Gasteiger partial charge on any atom is -0.229 e. The predicted molar refractivity (Wildman–Crippen MR) is 91.0 cm³/mol. The largest absolute Gasteiger partial charge is 0.229 e. The number of fused-ring (bicyclic) bond motifs is 1. The van der Waals surface area contributed by atoms with Crippen molar-refractivity contribution in [3.8, 4) is 0 Å². The van der Waals surface area contributed by atoms with Gasteiger partial charge in [-0.25, -0.2) is 14.6 Å². The molecule has 1 fully saturated rings. The third-order valence-corrected chi connectivity index (χ3v) is 6.57. The van der Waals surface area contributed by atoms with Crippen molar-refractivity contribution in [2.45, 2.75) is 62.2 Å². The van der Waals surface area contributed by atoms with E-state index in [0.717, 1.165) is 33.2 Å². The first kappa shape index (κ1) is 15.0. The van der Waals surface area contributed by atoms with Gasteiger partial charge in [-0.2, -0.15) is 0 Å². The summed E-state index contributed by atoms with van der Waals surface area (Å²) in [7, 11) is 0. The molecule has 0 radical (unpaired) electrons. The van der Waals surface area contributed by atoms with Crippen LogP contribution in [-0.2, 0) is 0 Å². The normalized spacial score (nSPS) is 16.3. The molecule has 3 heterocycles. The number of hydrogen-bond donors (Lipinski definition) is 0. The summed E-state index contributed by atoms with van der Waals surface area (Å²) in [5.41, 5.74) is 1.25. The fourth-order valence-electron chi connectivity index (χ4n) is 3.12. The maximum absolute atomic E-state index is 4.49. The van der Waals surface area contributed by atoms with E-state index in [9.17, 15) is 0 Å². The van der Waals surface area contributed by atoms with Gasteiger partial charge in [0.2, 0.25) is 5.16 Å². The summed E-state index contributed by atoms with van der Waals surface area (Å²) in [6, 6.07) is 0.420. The molecule has 1 saturated carbocycles. The van der Waals surface area contributed by atoms with E-state index in [1.165, 1.54) is 29.7 Å². The van der Waals surface area contributed by atoms with Gasteiger partial charge in [-0.05, 0) is 54.4 Å². The molecule has 23 heavy (non-hydrogen) atoms. The molecule has 1 aliphatic rings. The van der Waals surface area contributed by atoms with Gasteiger partial charge in [-0.15, -0.1) is 16.4 Å². The molecular weight excluding hydrogens is 328 g/mol. The average Bonchev–Trinajstić information content (AvgIpc) is 3.14. The first-order valence-electron chi connectivity index (χ1n) is 7.90. The van der Waals surface area contributed by atoms with Gasteiger partial charge < -0.3 is 0 Å². The molecule has 0 N–H and O–H groups in total. The van der Waals surface area contributed by atoms with Crippen LogP contribution in [0.25, 0.3) is 10.2 Å². The minimum absolute atomic E-state index is 0.420. The van der Waals surface area contributed by atoms with Crippen molar-refractivity contribution in [3.05, 3.63) is 16.8 Å². The number of aromatic nitrogens is 6. The molecule has 3 aromatic rings. The molecule has 0 bridgehead atoms. The summed E-state index contributed by atoms with van der Waals surface area (Å²) in [4.78, 5) is 11.2. The standard InChI is InChI=1S/C15H18N6S2/c1-9-10(2)22-13-12(9)14(17-8-16-13)23-15-18-19-20-21(15)11-6-4-3-5-7-11/h8,11H,3-7H2,1-2H3. The number of thiophene rings is 1. The Labute approximate surface area is 142 Å². The van der Waals surface area contributed by atoms with E-state index in [-0.39, 0.29) is 0 Å². The molecule has 0 aromatic carbocycles. The lowest BCUT2D eigenvalue weighted by Gasteiger charge is -2.21. The Bertz CT molecular complexity index is 834. The lowest BCUT2D eigenvalue weighted by atomic mass is 9.96. The van der Waals surface area contributed by atoms with Crippen LogP contribution >= 0.6 is 23.1 Å². The highest BCUT2D eigenvalue weighted by molar-refractivity contribution is 7.99. The van der Waals surface area contributed by atoms with Gasteiger partial charge >= 0.3 is 0 Å². The third-order valence-electron chi connectivity index (χ3n) is 4.50.